The van der Waals surface area contributed by atoms with Crippen LogP contribution in [-0.2, 0) is 0 Å². The van der Waals surface area contributed by atoms with Gasteiger partial charge in [0.25, 0.3) is 5.91 Å². The highest BCUT2D eigenvalue weighted by molar-refractivity contribution is 5.99. The van der Waals surface area contributed by atoms with E-state index < -0.39 is 0 Å². The molecular formula is C13H16N2O. The van der Waals surface area contributed by atoms with Crippen molar-refractivity contribution in [3.8, 4) is 0 Å². The number of benzene rings is 1. The van der Waals surface area contributed by atoms with Gasteiger partial charge < -0.3 is 11.1 Å². The van der Waals surface area contributed by atoms with E-state index >= 15 is 0 Å². The minimum absolute atomic E-state index is 0.0742. The normalized spacial score (nSPS) is 15.3. The lowest BCUT2D eigenvalue weighted by molar-refractivity contribution is 0.0940. The first-order chi connectivity index (χ1) is 7.68. The van der Waals surface area contributed by atoms with Gasteiger partial charge in [-0.3, -0.25) is 4.79 Å². The number of nitrogens with one attached hydrogen (secondary N) is 1. The predicted molar refractivity (Wildman–Crippen MR) is 65.2 cm³/mol. The van der Waals surface area contributed by atoms with Crippen LogP contribution in [0.1, 0.15) is 28.8 Å². The maximum Gasteiger partial charge on any atom is 0.253 e. The molecule has 84 valence electrons. The summed E-state index contributed by atoms with van der Waals surface area (Å²) in [6, 6.07) is 5.75. The smallest absolute Gasteiger partial charge is 0.253 e. The number of carbonyl (C=O) groups excluding carboxylic acids is 1. The van der Waals surface area contributed by atoms with Gasteiger partial charge in [0.1, 0.15) is 0 Å². The molecule has 0 spiro atoms. The van der Waals surface area contributed by atoms with Crippen LogP contribution in [0.5, 0.6) is 0 Å². The van der Waals surface area contributed by atoms with Crippen molar-refractivity contribution in [2.45, 2.75) is 25.8 Å². The molecule has 0 radical (unpaired) electrons. The largest absolute Gasteiger partial charge is 0.398 e. The summed E-state index contributed by atoms with van der Waals surface area (Å²) in [5.41, 5.74) is 7.97. The van der Waals surface area contributed by atoms with Crippen LogP contribution in [0.3, 0.4) is 0 Å². The lowest BCUT2D eigenvalue weighted by atomic mass is 10.1. The van der Waals surface area contributed by atoms with E-state index in [0.29, 0.717) is 11.3 Å². The van der Waals surface area contributed by atoms with Crippen LogP contribution < -0.4 is 11.1 Å². The molecule has 1 amide bonds. The quantitative estimate of drug-likeness (QED) is 0.587. The first kappa shape index (κ1) is 10.7. The number of nitrogens with two attached hydrogens (primary N) is 1. The first-order valence-electron chi connectivity index (χ1n) is 5.49. The van der Waals surface area contributed by atoms with Gasteiger partial charge in [-0.1, -0.05) is 24.3 Å². The molecule has 1 aliphatic rings. The van der Waals surface area contributed by atoms with E-state index in [1.807, 2.05) is 19.1 Å². The van der Waals surface area contributed by atoms with Gasteiger partial charge >= 0.3 is 0 Å². The number of anilines is 1. The summed E-state index contributed by atoms with van der Waals surface area (Å²) in [6.45, 7) is 1.91. The Balaban J connectivity index is 2.11. The summed E-state index contributed by atoms with van der Waals surface area (Å²) in [5.74, 6) is -0.0742. The summed E-state index contributed by atoms with van der Waals surface area (Å²) < 4.78 is 0. The fourth-order valence-electron chi connectivity index (χ4n) is 1.88. The van der Waals surface area contributed by atoms with Crippen molar-refractivity contribution in [2.75, 3.05) is 5.73 Å². The molecule has 3 heteroatoms. The van der Waals surface area contributed by atoms with Gasteiger partial charge in [0, 0.05) is 11.7 Å². The van der Waals surface area contributed by atoms with E-state index in [1.54, 1.807) is 6.07 Å². The molecule has 2 rings (SSSR count). The lowest BCUT2D eigenvalue weighted by Gasteiger charge is -2.13. The Hall–Kier alpha value is -1.77. The highest BCUT2D eigenvalue weighted by Crippen LogP contribution is 2.17. The number of carbonyl (C=O) groups is 1. The fourth-order valence-corrected chi connectivity index (χ4v) is 1.88. The number of nitrogen functional groups attached to an aromatic ring is 1. The number of aryl methyl sites for hydroxylation is 1. The summed E-state index contributed by atoms with van der Waals surface area (Å²) in [5, 5.41) is 2.98. The molecule has 0 aromatic heterocycles. The Morgan fingerprint density at radius 3 is 2.75 bits per heavy atom. The monoisotopic (exact) mass is 216 g/mol. The SMILES string of the molecule is Cc1cccc(C(=O)NC2CC=CC2)c1N. The Morgan fingerprint density at radius 1 is 1.38 bits per heavy atom. The number of hydrogen-bond acceptors (Lipinski definition) is 2. The summed E-state index contributed by atoms with van der Waals surface area (Å²) >= 11 is 0. The molecule has 0 unspecified atom stereocenters. The van der Waals surface area contributed by atoms with E-state index in [4.69, 9.17) is 5.73 Å². The molecule has 0 bridgehead atoms. The summed E-state index contributed by atoms with van der Waals surface area (Å²) in [4.78, 5) is 12.0. The Bertz CT molecular complexity index is 430. The number of rotatable bonds is 2. The average Bonchev–Trinajstić information content (AvgIpc) is 2.74. The van der Waals surface area contributed by atoms with Crippen LogP contribution in [0.2, 0.25) is 0 Å². The molecule has 0 atom stereocenters. The first-order valence-corrected chi connectivity index (χ1v) is 5.49. The van der Waals surface area contributed by atoms with E-state index in [9.17, 15) is 4.79 Å². The van der Waals surface area contributed by atoms with Crippen LogP contribution in [0.15, 0.2) is 30.4 Å². The van der Waals surface area contributed by atoms with Gasteiger partial charge in [-0.2, -0.15) is 0 Å². The van der Waals surface area contributed by atoms with Crippen molar-refractivity contribution in [1.29, 1.82) is 0 Å². The second-order valence-electron chi connectivity index (χ2n) is 4.15. The molecule has 3 nitrogen and oxygen atoms in total. The van der Waals surface area contributed by atoms with Crippen LogP contribution in [0.25, 0.3) is 0 Å². The van der Waals surface area contributed by atoms with Gasteiger partial charge in [-0.25, -0.2) is 0 Å². The van der Waals surface area contributed by atoms with Gasteiger partial charge in [-0.15, -0.1) is 0 Å². The third-order valence-electron chi connectivity index (χ3n) is 2.91. The lowest BCUT2D eigenvalue weighted by Crippen LogP contribution is -2.33. The van der Waals surface area contributed by atoms with Crippen molar-refractivity contribution in [2.24, 2.45) is 0 Å². The van der Waals surface area contributed by atoms with Gasteiger partial charge in [0.05, 0.1) is 5.56 Å². The van der Waals surface area contributed by atoms with Crippen LogP contribution in [-0.4, -0.2) is 11.9 Å². The number of amides is 1. The van der Waals surface area contributed by atoms with Crippen molar-refractivity contribution < 1.29 is 4.79 Å². The molecule has 0 fully saturated rings. The van der Waals surface area contributed by atoms with Crippen molar-refractivity contribution in [3.63, 3.8) is 0 Å². The standard InChI is InChI=1S/C13H16N2O/c1-9-5-4-8-11(12(9)14)13(16)15-10-6-2-3-7-10/h2-5,8,10H,6-7,14H2,1H3,(H,15,16). The zero-order chi connectivity index (χ0) is 11.5. The molecule has 0 saturated carbocycles. The maximum atomic E-state index is 12.0. The Kier molecular flexibility index (Phi) is 2.95. The molecule has 0 heterocycles. The molecular weight excluding hydrogens is 200 g/mol. The zero-order valence-electron chi connectivity index (χ0n) is 9.36. The Morgan fingerprint density at radius 2 is 2.06 bits per heavy atom. The molecule has 3 N–H and O–H groups in total. The molecule has 1 aliphatic carbocycles. The van der Waals surface area contributed by atoms with Crippen molar-refractivity contribution >= 4 is 11.6 Å². The zero-order valence-corrected chi connectivity index (χ0v) is 9.36. The van der Waals surface area contributed by atoms with Gasteiger partial charge in [0.15, 0.2) is 0 Å². The van der Waals surface area contributed by atoms with Crippen LogP contribution >= 0.6 is 0 Å². The molecule has 16 heavy (non-hydrogen) atoms. The topological polar surface area (TPSA) is 55.1 Å². The summed E-state index contributed by atoms with van der Waals surface area (Å²) in [7, 11) is 0. The summed E-state index contributed by atoms with van der Waals surface area (Å²) in [6.07, 6.45) is 6.00. The maximum absolute atomic E-state index is 12.0. The minimum atomic E-state index is -0.0742. The van der Waals surface area contributed by atoms with E-state index in [1.165, 1.54) is 0 Å². The van der Waals surface area contributed by atoms with Gasteiger partial charge in [-0.05, 0) is 31.4 Å². The second-order valence-corrected chi connectivity index (χ2v) is 4.15. The molecule has 0 saturated heterocycles. The second kappa shape index (κ2) is 4.39. The van der Waals surface area contributed by atoms with Gasteiger partial charge in [0.2, 0.25) is 0 Å². The molecule has 1 aromatic carbocycles. The highest BCUT2D eigenvalue weighted by Gasteiger charge is 2.16. The van der Waals surface area contributed by atoms with E-state index in [2.05, 4.69) is 17.5 Å². The van der Waals surface area contributed by atoms with E-state index in [0.717, 1.165) is 18.4 Å². The predicted octanol–water partition coefficient (Wildman–Crippen LogP) is 2.03. The Labute approximate surface area is 95.3 Å². The average molecular weight is 216 g/mol. The van der Waals surface area contributed by atoms with Crippen LogP contribution in [0.4, 0.5) is 5.69 Å². The van der Waals surface area contributed by atoms with Crippen LogP contribution in [0, 0.1) is 6.92 Å². The van der Waals surface area contributed by atoms with E-state index in [-0.39, 0.29) is 11.9 Å². The number of hydrogen-bond donors (Lipinski definition) is 2. The third-order valence-corrected chi connectivity index (χ3v) is 2.91. The fraction of sp³-hybridized carbons (Fsp3) is 0.308. The van der Waals surface area contributed by atoms with Crippen molar-refractivity contribution in [3.05, 3.63) is 41.5 Å². The molecule has 0 aliphatic heterocycles. The molecule has 1 aromatic rings. The number of para-hydroxylation sites is 1. The third kappa shape index (κ3) is 2.08. The highest BCUT2D eigenvalue weighted by atomic mass is 16.1. The van der Waals surface area contributed by atoms with Crippen molar-refractivity contribution in [1.82, 2.24) is 5.32 Å². The minimum Gasteiger partial charge on any atom is -0.398 e.